The van der Waals surface area contributed by atoms with Gasteiger partial charge in [-0.2, -0.15) is 0 Å². The zero-order chi connectivity index (χ0) is 14.9. The fourth-order valence-electron chi connectivity index (χ4n) is 2.16. The summed E-state index contributed by atoms with van der Waals surface area (Å²) in [4.78, 5) is 25.0. The Morgan fingerprint density at radius 2 is 1.90 bits per heavy atom. The second-order valence-corrected chi connectivity index (χ2v) is 5.94. The minimum Gasteiger partial charge on any atom is -0.443 e. The first-order valence-electron chi connectivity index (χ1n) is 6.55. The number of halogens is 1. The number of benzene rings is 1. The quantitative estimate of drug-likeness (QED) is 0.793. The lowest BCUT2D eigenvalue weighted by atomic mass is 9.98. The second-order valence-electron chi connectivity index (χ2n) is 5.94. The normalized spacial score (nSPS) is 19.3. The molecule has 1 fully saturated rings. The first-order chi connectivity index (χ1) is 9.26. The minimum atomic E-state index is -0.634. The monoisotopic (exact) mass is 279 g/mol. The summed E-state index contributed by atoms with van der Waals surface area (Å²) >= 11 is 0. The molecule has 0 spiro atoms. The predicted molar refractivity (Wildman–Crippen MR) is 71.7 cm³/mol. The van der Waals surface area contributed by atoms with Gasteiger partial charge in [-0.15, -0.1) is 0 Å². The van der Waals surface area contributed by atoms with Gasteiger partial charge in [0.1, 0.15) is 11.4 Å². The third-order valence-electron chi connectivity index (χ3n) is 3.08. The summed E-state index contributed by atoms with van der Waals surface area (Å²) in [5.74, 6) is -0.675. The first kappa shape index (κ1) is 14.5. The molecule has 4 nitrogen and oxygen atoms in total. The van der Waals surface area contributed by atoms with Gasteiger partial charge in [0.05, 0.1) is 0 Å². The second kappa shape index (κ2) is 5.23. The van der Waals surface area contributed by atoms with Crippen molar-refractivity contribution in [2.24, 2.45) is 0 Å². The molecule has 0 N–H and O–H groups in total. The van der Waals surface area contributed by atoms with E-state index in [2.05, 4.69) is 0 Å². The van der Waals surface area contributed by atoms with E-state index < -0.39 is 11.7 Å². The SMILES string of the molecule is CC(C)(C)OC(=O)N1C[C@@H](c2ccc(F)cc2)CC1=O. The third kappa shape index (κ3) is 3.35. The summed E-state index contributed by atoms with van der Waals surface area (Å²) in [6, 6.07) is 6.00. The van der Waals surface area contributed by atoms with Crippen LogP contribution in [0.15, 0.2) is 24.3 Å². The van der Waals surface area contributed by atoms with Crippen LogP contribution in [0.5, 0.6) is 0 Å². The number of rotatable bonds is 1. The molecular formula is C15H18FNO3. The van der Waals surface area contributed by atoms with E-state index >= 15 is 0 Å². The molecule has 0 aliphatic carbocycles. The van der Waals surface area contributed by atoms with Crippen molar-refractivity contribution < 1.29 is 18.7 Å². The van der Waals surface area contributed by atoms with Gasteiger partial charge in [0.15, 0.2) is 0 Å². The zero-order valence-electron chi connectivity index (χ0n) is 11.9. The van der Waals surface area contributed by atoms with E-state index in [1.807, 2.05) is 0 Å². The van der Waals surface area contributed by atoms with Crippen LogP contribution in [0.1, 0.15) is 38.7 Å². The number of hydrogen-bond donors (Lipinski definition) is 0. The molecule has 1 aliphatic rings. The highest BCUT2D eigenvalue weighted by molar-refractivity contribution is 5.94. The summed E-state index contributed by atoms with van der Waals surface area (Å²) < 4.78 is 18.1. The number of carbonyl (C=O) groups excluding carboxylic acids is 2. The lowest BCUT2D eigenvalue weighted by Gasteiger charge is -2.23. The van der Waals surface area contributed by atoms with Crippen LogP contribution >= 0.6 is 0 Å². The average molecular weight is 279 g/mol. The molecular weight excluding hydrogens is 261 g/mol. The summed E-state index contributed by atoms with van der Waals surface area (Å²) in [7, 11) is 0. The topological polar surface area (TPSA) is 46.6 Å². The van der Waals surface area contributed by atoms with Crippen LogP contribution in [-0.4, -0.2) is 29.0 Å². The summed E-state index contributed by atoms with van der Waals surface area (Å²) in [6.45, 7) is 5.54. The molecule has 20 heavy (non-hydrogen) atoms. The molecule has 2 rings (SSSR count). The van der Waals surface area contributed by atoms with E-state index in [9.17, 15) is 14.0 Å². The molecule has 1 heterocycles. The summed E-state index contributed by atoms with van der Waals surface area (Å²) in [6.07, 6.45) is -0.377. The number of carbonyl (C=O) groups is 2. The lowest BCUT2D eigenvalue weighted by Crippen LogP contribution is -2.37. The number of nitrogens with zero attached hydrogens (tertiary/aromatic N) is 1. The average Bonchev–Trinajstić information content (AvgIpc) is 2.70. The lowest BCUT2D eigenvalue weighted by molar-refractivity contribution is -0.126. The van der Waals surface area contributed by atoms with Crippen molar-refractivity contribution in [3.05, 3.63) is 35.6 Å². The maximum Gasteiger partial charge on any atom is 0.417 e. The first-order valence-corrected chi connectivity index (χ1v) is 6.55. The summed E-state index contributed by atoms with van der Waals surface area (Å²) in [5.41, 5.74) is 0.219. The molecule has 0 bridgehead atoms. The van der Waals surface area contributed by atoms with E-state index in [-0.39, 0.29) is 30.6 Å². The molecule has 1 atom stereocenters. The van der Waals surface area contributed by atoms with E-state index in [1.54, 1.807) is 32.9 Å². The zero-order valence-corrected chi connectivity index (χ0v) is 11.9. The van der Waals surface area contributed by atoms with Crippen LogP contribution < -0.4 is 0 Å². The maximum atomic E-state index is 12.9. The molecule has 1 aromatic rings. The number of amides is 2. The molecule has 5 heteroatoms. The van der Waals surface area contributed by atoms with Gasteiger partial charge >= 0.3 is 6.09 Å². The molecule has 0 aromatic heterocycles. The number of likely N-dealkylation sites (tertiary alicyclic amines) is 1. The van der Waals surface area contributed by atoms with E-state index in [4.69, 9.17) is 4.74 Å². The van der Waals surface area contributed by atoms with Gasteiger partial charge in [0, 0.05) is 18.9 Å². The Morgan fingerprint density at radius 1 is 1.30 bits per heavy atom. The predicted octanol–water partition coefficient (Wildman–Crippen LogP) is 3.08. The maximum absolute atomic E-state index is 12.9. The van der Waals surface area contributed by atoms with E-state index in [1.165, 1.54) is 12.1 Å². The highest BCUT2D eigenvalue weighted by atomic mass is 19.1. The Kier molecular flexibility index (Phi) is 3.79. The van der Waals surface area contributed by atoms with Crippen LogP contribution in [0.2, 0.25) is 0 Å². The molecule has 0 saturated carbocycles. The molecule has 1 saturated heterocycles. The molecule has 0 unspecified atom stereocenters. The molecule has 1 aliphatic heterocycles. The smallest absolute Gasteiger partial charge is 0.417 e. The van der Waals surface area contributed by atoms with Gasteiger partial charge in [-0.1, -0.05) is 12.1 Å². The van der Waals surface area contributed by atoms with Crippen molar-refractivity contribution in [2.75, 3.05) is 6.54 Å². The van der Waals surface area contributed by atoms with Crippen molar-refractivity contribution in [1.29, 1.82) is 0 Å². The standard InChI is InChI=1S/C15H18FNO3/c1-15(2,3)20-14(19)17-9-11(8-13(17)18)10-4-6-12(16)7-5-10/h4-7,11H,8-9H2,1-3H3/t11-/m0/s1. The van der Waals surface area contributed by atoms with Crippen LogP contribution in [0.4, 0.5) is 9.18 Å². The number of imide groups is 1. The Balaban J connectivity index is 2.07. The Hall–Kier alpha value is -1.91. The summed E-state index contributed by atoms with van der Waals surface area (Å²) in [5, 5.41) is 0. The Morgan fingerprint density at radius 3 is 2.45 bits per heavy atom. The fourth-order valence-corrected chi connectivity index (χ4v) is 2.16. The Bertz CT molecular complexity index is 519. The van der Waals surface area contributed by atoms with Crippen molar-refractivity contribution in [1.82, 2.24) is 4.90 Å². The molecule has 2 amide bonds. The van der Waals surface area contributed by atoms with Crippen molar-refractivity contribution in [2.45, 2.75) is 38.7 Å². The van der Waals surface area contributed by atoms with Crippen LogP contribution in [0.25, 0.3) is 0 Å². The van der Waals surface area contributed by atoms with Gasteiger partial charge in [-0.3, -0.25) is 4.79 Å². The number of ether oxygens (including phenoxy) is 1. The Labute approximate surface area is 117 Å². The van der Waals surface area contributed by atoms with Crippen LogP contribution in [0, 0.1) is 5.82 Å². The van der Waals surface area contributed by atoms with Gasteiger partial charge in [0.2, 0.25) is 5.91 Å². The largest absolute Gasteiger partial charge is 0.443 e. The molecule has 1 aromatic carbocycles. The van der Waals surface area contributed by atoms with Gasteiger partial charge in [-0.05, 0) is 38.5 Å². The van der Waals surface area contributed by atoms with E-state index in [0.717, 1.165) is 10.5 Å². The van der Waals surface area contributed by atoms with Crippen LogP contribution in [0.3, 0.4) is 0 Å². The van der Waals surface area contributed by atoms with Crippen LogP contribution in [-0.2, 0) is 9.53 Å². The van der Waals surface area contributed by atoms with Crippen molar-refractivity contribution in [3.63, 3.8) is 0 Å². The van der Waals surface area contributed by atoms with Gasteiger partial charge in [0.25, 0.3) is 0 Å². The highest BCUT2D eigenvalue weighted by Gasteiger charge is 2.36. The highest BCUT2D eigenvalue weighted by Crippen LogP contribution is 2.29. The third-order valence-corrected chi connectivity index (χ3v) is 3.08. The van der Waals surface area contributed by atoms with Gasteiger partial charge in [-0.25, -0.2) is 14.1 Å². The minimum absolute atomic E-state index is 0.101. The molecule has 0 radical (unpaired) electrons. The van der Waals surface area contributed by atoms with E-state index in [0.29, 0.717) is 0 Å². The van der Waals surface area contributed by atoms with Crippen molar-refractivity contribution in [3.8, 4) is 0 Å². The van der Waals surface area contributed by atoms with Gasteiger partial charge < -0.3 is 4.74 Å². The number of hydrogen-bond acceptors (Lipinski definition) is 3. The fraction of sp³-hybridized carbons (Fsp3) is 0.467. The van der Waals surface area contributed by atoms with Crippen molar-refractivity contribution >= 4 is 12.0 Å². The molecule has 108 valence electrons.